The van der Waals surface area contributed by atoms with Crippen LogP contribution in [0.3, 0.4) is 0 Å². The summed E-state index contributed by atoms with van der Waals surface area (Å²) in [7, 11) is -3.09. The van der Waals surface area contributed by atoms with E-state index in [4.69, 9.17) is 5.73 Å². The van der Waals surface area contributed by atoms with Crippen molar-refractivity contribution in [3.05, 3.63) is 0 Å². The molecule has 4 nitrogen and oxygen atoms in total. The average molecular weight is 192 g/mol. The Balaban J connectivity index is 3.09. The molecule has 2 N–H and O–H groups in total. The van der Waals surface area contributed by atoms with Gasteiger partial charge in [0.25, 0.3) is 0 Å². The molecular weight excluding hydrogens is 176 g/mol. The fourth-order valence-electron chi connectivity index (χ4n) is 1.67. The van der Waals surface area contributed by atoms with Crippen molar-refractivity contribution in [2.45, 2.75) is 32.4 Å². The van der Waals surface area contributed by atoms with Gasteiger partial charge in [0.05, 0.1) is 5.75 Å². The van der Waals surface area contributed by atoms with E-state index >= 15 is 0 Å². The third-order valence-corrected chi connectivity index (χ3v) is 4.74. The summed E-state index contributed by atoms with van der Waals surface area (Å²) in [5, 5.41) is 0. The van der Waals surface area contributed by atoms with Crippen LogP contribution < -0.4 is 5.73 Å². The molecule has 0 radical (unpaired) electrons. The molecule has 0 aliphatic carbocycles. The van der Waals surface area contributed by atoms with Gasteiger partial charge >= 0.3 is 0 Å². The van der Waals surface area contributed by atoms with Crippen molar-refractivity contribution >= 4 is 10.0 Å². The zero-order valence-corrected chi connectivity index (χ0v) is 8.56. The molecule has 1 aliphatic heterocycles. The van der Waals surface area contributed by atoms with Gasteiger partial charge in [-0.05, 0) is 13.8 Å². The van der Waals surface area contributed by atoms with Crippen molar-refractivity contribution in [1.29, 1.82) is 0 Å². The first-order valence-electron chi connectivity index (χ1n) is 4.08. The monoisotopic (exact) mass is 192 g/mol. The molecule has 0 saturated carbocycles. The number of nitrogens with zero attached hydrogens (tertiary/aromatic N) is 1. The Hall–Kier alpha value is -0.130. The van der Waals surface area contributed by atoms with Crippen molar-refractivity contribution in [2.24, 2.45) is 5.73 Å². The fraction of sp³-hybridized carbons (Fsp3) is 1.00. The minimum absolute atomic E-state index is 0.0772. The molecule has 1 aliphatic rings. The highest BCUT2D eigenvalue weighted by Crippen LogP contribution is 2.29. The molecule has 0 aromatic heterocycles. The maximum Gasteiger partial charge on any atom is 0.216 e. The number of sulfonamides is 1. The second-order valence-corrected chi connectivity index (χ2v) is 5.64. The summed E-state index contributed by atoms with van der Waals surface area (Å²) in [6.45, 7) is 6.07. The summed E-state index contributed by atoms with van der Waals surface area (Å²) in [6, 6.07) is -0.276. The van der Waals surface area contributed by atoms with Crippen LogP contribution in [0.4, 0.5) is 0 Å². The van der Waals surface area contributed by atoms with Gasteiger partial charge in [-0.2, -0.15) is 4.31 Å². The SMILES string of the molecule is CCN1C(C)(C)C(N)CS1(=O)=O. The number of rotatable bonds is 1. The quantitative estimate of drug-likeness (QED) is 0.623. The van der Waals surface area contributed by atoms with Gasteiger partial charge in [-0.15, -0.1) is 0 Å². The van der Waals surface area contributed by atoms with Gasteiger partial charge in [-0.1, -0.05) is 6.92 Å². The Morgan fingerprint density at radius 3 is 2.25 bits per heavy atom. The molecule has 1 atom stereocenters. The predicted octanol–water partition coefficient (Wildman–Crippen LogP) is -0.242. The molecular formula is C7H16N2O2S. The fourth-order valence-corrected chi connectivity index (χ4v) is 3.96. The lowest BCUT2D eigenvalue weighted by Gasteiger charge is -2.31. The first-order valence-corrected chi connectivity index (χ1v) is 5.69. The van der Waals surface area contributed by atoms with Crippen molar-refractivity contribution in [1.82, 2.24) is 4.31 Å². The Morgan fingerprint density at radius 2 is 2.08 bits per heavy atom. The third kappa shape index (κ3) is 1.26. The topological polar surface area (TPSA) is 63.4 Å². The summed E-state index contributed by atoms with van der Waals surface area (Å²) in [5.41, 5.74) is 5.31. The van der Waals surface area contributed by atoms with Crippen LogP contribution in [0.15, 0.2) is 0 Å². The van der Waals surface area contributed by atoms with Crippen LogP contribution in [0.5, 0.6) is 0 Å². The summed E-state index contributed by atoms with van der Waals surface area (Å²) in [5.74, 6) is 0.0772. The van der Waals surface area contributed by atoms with Gasteiger partial charge in [0.1, 0.15) is 0 Å². The molecule has 0 spiro atoms. The first-order chi connectivity index (χ1) is 5.32. The van der Waals surface area contributed by atoms with Gasteiger partial charge in [0.15, 0.2) is 0 Å². The number of likely N-dealkylation sites (N-methyl/N-ethyl adjacent to an activating group) is 1. The van der Waals surface area contributed by atoms with E-state index in [0.29, 0.717) is 6.54 Å². The van der Waals surface area contributed by atoms with Gasteiger partial charge < -0.3 is 5.73 Å². The highest BCUT2D eigenvalue weighted by molar-refractivity contribution is 7.89. The molecule has 1 heterocycles. The largest absolute Gasteiger partial charge is 0.325 e. The molecule has 0 aromatic carbocycles. The molecule has 0 aromatic rings. The Morgan fingerprint density at radius 1 is 1.58 bits per heavy atom. The van der Waals surface area contributed by atoms with Crippen LogP contribution in [0, 0.1) is 0 Å². The standard InChI is InChI=1S/C7H16N2O2S/c1-4-9-7(2,3)6(8)5-12(9,10)11/h6H,4-5,8H2,1-3H3. The van der Waals surface area contributed by atoms with E-state index in [-0.39, 0.29) is 11.8 Å². The minimum atomic E-state index is -3.09. The van der Waals surface area contributed by atoms with E-state index in [0.717, 1.165) is 0 Å². The number of hydrogen-bond donors (Lipinski definition) is 1. The summed E-state index contributed by atoms with van der Waals surface area (Å²) in [4.78, 5) is 0. The summed E-state index contributed by atoms with van der Waals surface area (Å²) < 4.78 is 24.4. The molecule has 1 rings (SSSR count). The van der Waals surface area contributed by atoms with Crippen molar-refractivity contribution in [3.63, 3.8) is 0 Å². The van der Waals surface area contributed by atoms with E-state index in [9.17, 15) is 8.42 Å². The van der Waals surface area contributed by atoms with Crippen LogP contribution >= 0.6 is 0 Å². The third-order valence-electron chi connectivity index (χ3n) is 2.56. The van der Waals surface area contributed by atoms with E-state index in [2.05, 4.69) is 0 Å². The van der Waals surface area contributed by atoms with Crippen LogP contribution in [0.2, 0.25) is 0 Å². The van der Waals surface area contributed by atoms with Crippen LogP contribution in [0.25, 0.3) is 0 Å². The molecule has 1 unspecified atom stereocenters. The lowest BCUT2D eigenvalue weighted by molar-refractivity contribution is 0.235. The average Bonchev–Trinajstić information content (AvgIpc) is 1.99. The van der Waals surface area contributed by atoms with Crippen molar-refractivity contribution < 1.29 is 8.42 Å². The molecule has 1 saturated heterocycles. The van der Waals surface area contributed by atoms with Gasteiger partial charge in [0.2, 0.25) is 10.0 Å². The van der Waals surface area contributed by atoms with Gasteiger partial charge in [0, 0.05) is 18.1 Å². The zero-order valence-electron chi connectivity index (χ0n) is 7.74. The van der Waals surface area contributed by atoms with Crippen LogP contribution in [-0.4, -0.2) is 36.6 Å². The van der Waals surface area contributed by atoms with Crippen LogP contribution in [0.1, 0.15) is 20.8 Å². The highest BCUT2D eigenvalue weighted by Gasteiger charge is 2.48. The number of nitrogens with two attached hydrogens (primary N) is 1. The minimum Gasteiger partial charge on any atom is -0.325 e. The second kappa shape index (κ2) is 2.68. The normalized spacial score (nSPS) is 33.8. The molecule has 72 valence electrons. The lowest BCUT2D eigenvalue weighted by Crippen LogP contribution is -2.49. The van der Waals surface area contributed by atoms with E-state index in [1.165, 1.54) is 4.31 Å². The summed E-state index contributed by atoms with van der Waals surface area (Å²) in [6.07, 6.45) is 0. The first kappa shape index (κ1) is 9.95. The maximum atomic E-state index is 11.5. The van der Waals surface area contributed by atoms with Gasteiger partial charge in [-0.25, -0.2) is 8.42 Å². The smallest absolute Gasteiger partial charge is 0.216 e. The van der Waals surface area contributed by atoms with E-state index < -0.39 is 15.6 Å². The van der Waals surface area contributed by atoms with E-state index in [1.54, 1.807) is 0 Å². The Labute approximate surface area is 73.8 Å². The van der Waals surface area contributed by atoms with Gasteiger partial charge in [-0.3, -0.25) is 0 Å². The molecule has 0 bridgehead atoms. The Bertz CT molecular complexity index is 271. The predicted molar refractivity (Wildman–Crippen MR) is 48.2 cm³/mol. The summed E-state index contributed by atoms with van der Waals surface area (Å²) >= 11 is 0. The molecule has 5 heteroatoms. The molecule has 0 amide bonds. The molecule has 1 fully saturated rings. The zero-order chi connectivity index (χ0) is 9.57. The highest BCUT2D eigenvalue weighted by atomic mass is 32.2. The van der Waals surface area contributed by atoms with Crippen LogP contribution in [-0.2, 0) is 10.0 Å². The van der Waals surface area contributed by atoms with Crippen molar-refractivity contribution in [3.8, 4) is 0 Å². The van der Waals surface area contributed by atoms with Crippen molar-refractivity contribution in [2.75, 3.05) is 12.3 Å². The second-order valence-electron chi connectivity index (χ2n) is 3.70. The maximum absolute atomic E-state index is 11.5. The Kier molecular flexibility index (Phi) is 2.22. The number of hydrogen-bond acceptors (Lipinski definition) is 3. The van der Waals surface area contributed by atoms with E-state index in [1.807, 2.05) is 20.8 Å². The molecule has 12 heavy (non-hydrogen) atoms. The lowest BCUT2D eigenvalue weighted by atomic mass is 9.97.